The molecule has 0 bridgehead atoms. The van der Waals surface area contributed by atoms with E-state index in [1.165, 1.54) is 0 Å². The highest BCUT2D eigenvalue weighted by Crippen LogP contribution is 2.46. The standard InChI is InChI=1S/C16H24N2O3S/c1-5-17-8-9-18-15(19)11(2)22-16(18)13-10-12(20-3)6-7-14(13)21-4/h6-7,10-11,16-17H,5,8-9H2,1-4H3/p+1/t11-,16+/m0/s1. The third kappa shape index (κ3) is 3.50. The van der Waals surface area contributed by atoms with Gasteiger partial charge in [-0.1, -0.05) is 0 Å². The molecule has 2 rings (SSSR count). The number of nitrogens with two attached hydrogens (primary N) is 1. The van der Waals surface area contributed by atoms with Crippen LogP contribution in [-0.2, 0) is 4.79 Å². The lowest BCUT2D eigenvalue weighted by atomic mass is 10.1. The summed E-state index contributed by atoms with van der Waals surface area (Å²) >= 11 is 1.67. The first kappa shape index (κ1) is 17.0. The lowest BCUT2D eigenvalue weighted by molar-refractivity contribution is -0.651. The van der Waals surface area contributed by atoms with Crippen LogP contribution in [0, 0.1) is 0 Å². The average Bonchev–Trinajstić information content (AvgIpc) is 2.82. The molecule has 0 spiro atoms. The van der Waals surface area contributed by atoms with Crippen molar-refractivity contribution in [1.29, 1.82) is 0 Å². The van der Waals surface area contributed by atoms with Crippen LogP contribution in [0.15, 0.2) is 18.2 Å². The molecule has 1 aliphatic heterocycles. The lowest BCUT2D eigenvalue weighted by Gasteiger charge is -2.25. The maximum absolute atomic E-state index is 12.5. The normalized spacial score (nSPS) is 21.3. The second kappa shape index (κ2) is 7.74. The van der Waals surface area contributed by atoms with Gasteiger partial charge in [-0.05, 0) is 32.0 Å². The van der Waals surface area contributed by atoms with Crippen molar-refractivity contribution in [2.24, 2.45) is 0 Å². The molecular weight excluding hydrogens is 300 g/mol. The van der Waals surface area contributed by atoms with Gasteiger partial charge in [0.05, 0.1) is 39.1 Å². The van der Waals surface area contributed by atoms with Gasteiger partial charge in [0.2, 0.25) is 5.91 Å². The van der Waals surface area contributed by atoms with Gasteiger partial charge in [0.15, 0.2) is 0 Å². The summed E-state index contributed by atoms with van der Waals surface area (Å²) in [5, 5.41) is 2.17. The summed E-state index contributed by atoms with van der Waals surface area (Å²) in [6.07, 6.45) is 0. The van der Waals surface area contributed by atoms with Crippen LogP contribution in [0.4, 0.5) is 0 Å². The molecular formula is C16H25N2O3S+. The van der Waals surface area contributed by atoms with E-state index in [4.69, 9.17) is 9.47 Å². The van der Waals surface area contributed by atoms with Gasteiger partial charge in [-0.15, -0.1) is 11.8 Å². The number of hydrogen-bond acceptors (Lipinski definition) is 4. The molecule has 1 aliphatic rings. The van der Waals surface area contributed by atoms with E-state index in [0.717, 1.165) is 36.7 Å². The Morgan fingerprint density at radius 3 is 2.73 bits per heavy atom. The number of benzene rings is 1. The van der Waals surface area contributed by atoms with Gasteiger partial charge in [0.1, 0.15) is 16.9 Å². The first-order valence-corrected chi connectivity index (χ1v) is 8.56. The number of ether oxygens (including phenoxy) is 2. The average molecular weight is 325 g/mol. The molecule has 0 saturated carbocycles. The molecule has 0 aromatic heterocycles. The van der Waals surface area contributed by atoms with Crippen molar-refractivity contribution in [2.75, 3.05) is 33.9 Å². The fourth-order valence-electron chi connectivity index (χ4n) is 2.61. The quantitative estimate of drug-likeness (QED) is 0.767. The summed E-state index contributed by atoms with van der Waals surface area (Å²) in [6.45, 7) is 6.77. The maximum atomic E-state index is 12.5. The zero-order valence-corrected chi connectivity index (χ0v) is 14.5. The third-order valence-electron chi connectivity index (χ3n) is 3.81. The molecule has 1 aromatic carbocycles. The van der Waals surface area contributed by atoms with Crippen LogP contribution in [0.2, 0.25) is 0 Å². The monoisotopic (exact) mass is 325 g/mol. The summed E-state index contributed by atoms with van der Waals surface area (Å²) in [4.78, 5) is 14.4. The summed E-state index contributed by atoms with van der Waals surface area (Å²) < 4.78 is 10.8. The Kier molecular flexibility index (Phi) is 5.97. The minimum atomic E-state index is -0.0254. The molecule has 1 heterocycles. The molecule has 0 radical (unpaired) electrons. The first-order valence-electron chi connectivity index (χ1n) is 7.61. The Hall–Kier alpha value is -1.40. The number of rotatable bonds is 7. The van der Waals surface area contributed by atoms with Crippen molar-refractivity contribution < 1.29 is 19.6 Å². The van der Waals surface area contributed by atoms with E-state index in [9.17, 15) is 4.79 Å². The molecule has 0 aliphatic carbocycles. The van der Waals surface area contributed by atoms with Gasteiger partial charge in [0, 0.05) is 5.56 Å². The van der Waals surface area contributed by atoms with E-state index >= 15 is 0 Å². The molecule has 1 aromatic rings. The van der Waals surface area contributed by atoms with Crippen molar-refractivity contribution >= 4 is 17.7 Å². The van der Waals surface area contributed by atoms with Crippen molar-refractivity contribution in [2.45, 2.75) is 24.5 Å². The van der Waals surface area contributed by atoms with E-state index in [0.29, 0.717) is 0 Å². The summed E-state index contributed by atoms with van der Waals surface area (Å²) in [5.74, 6) is 1.78. The number of amides is 1. The van der Waals surface area contributed by atoms with Crippen molar-refractivity contribution in [3.63, 3.8) is 0 Å². The topological polar surface area (TPSA) is 55.4 Å². The number of hydrogen-bond donors (Lipinski definition) is 1. The number of quaternary nitrogens is 1. The summed E-state index contributed by atoms with van der Waals surface area (Å²) in [6, 6.07) is 5.75. The Bertz CT molecular complexity index is 524. The fraction of sp³-hybridized carbons (Fsp3) is 0.562. The number of thioether (sulfide) groups is 1. The SMILES string of the molecule is CC[NH2+]CCN1C(=O)[C@H](C)S[C@@H]1c1cc(OC)ccc1OC. The van der Waals surface area contributed by atoms with Gasteiger partial charge in [-0.2, -0.15) is 0 Å². The Labute approximate surface area is 136 Å². The van der Waals surface area contributed by atoms with Crippen LogP contribution in [-0.4, -0.2) is 49.9 Å². The number of nitrogens with zero attached hydrogens (tertiary/aromatic N) is 1. The molecule has 2 N–H and O–H groups in total. The third-order valence-corrected chi connectivity index (χ3v) is 5.19. The minimum absolute atomic E-state index is 0.0159. The second-order valence-electron chi connectivity index (χ2n) is 5.26. The predicted octanol–water partition coefficient (Wildman–Crippen LogP) is 1.25. The molecule has 122 valence electrons. The molecule has 2 atom stereocenters. The molecule has 5 nitrogen and oxygen atoms in total. The van der Waals surface area contributed by atoms with Crippen LogP contribution < -0.4 is 14.8 Å². The van der Waals surface area contributed by atoms with E-state index in [1.54, 1.807) is 26.0 Å². The van der Waals surface area contributed by atoms with Crippen molar-refractivity contribution in [3.8, 4) is 11.5 Å². The molecule has 1 saturated heterocycles. The van der Waals surface area contributed by atoms with Gasteiger partial charge in [-0.25, -0.2) is 0 Å². The Balaban J connectivity index is 2.29. The number of carbonyl (C=O) groups is 1. The molecule has 1 fully saturated rings. The van der Waals surface area contributed by atoms with E-state index in [1.807, 2.05) is 30.0 Å². The van der Waals surface area contributed by atoms with E-state index < -0.39 is 0 Å². The Morgan fingerprint density at radius 2 is 2.09 bits per heavy atom. The molecule has 22 heavy (non-hydrogen) atoms. The van der Waals surface area contributed by atoms with E-state index in [2.05, 4.69) is 12.2 Å². The lowest BCUT2D eigenvalue weighted by Crippen LogP contribution is -2.85. The first-order chi connectivity index (χ1) is 10.6. The van der Waals surface area contributed by atoms with Gasteiger partial charge >= 0.3 is 0 Å². The predicted molar refractivity (Wildman–Crippen MR) is 88.4 cm³/mol. The molecule has 0 unspecified atom stereocenters. The fourth-order valence-corrected chi connectivity index (χ4v) is 3.94. The van der Waals surface area contributed by atoms with Crippen molar-refractivity contribution in [1.82, 2.24) is 4.90 Å². The zero-order chi connectivity index (χ0) is 16.1. The molecule has 1 amide bonds. The maximum Gasteiger partial charge on any atom is 0.236 e. The van der Waals surface area contributed by atoms with Gasteiger partial charge in [-0.3, -0.25) is 4.79 Å². The smallest absolute Gasteiger partial charge is 0.236 e. The highest BCUT2D eigenvalue weighted by atomic mass is 32.2. The number of likely N-dealkylation sites (N-methyl/N-ethyl adjacent to an activating group) is 1. The Morgan fingerprint density at radius 1 is 1.32 bits per heavy atom. The summed E-state index contributed by atoms with van der Waals surface area (Å²) in [7, 11) is 3.31. The van der Waals surface area contributed by atoms with Gasteiger partial charge < -0.3 is 19.7 Å². The van der Waals surface area contributed by atoms with E-state index in [-0.39, 0.29) is 16.5 Å². The van der Waals surface area contributed by atoms with Gasteiger partial charge in [0.25, 0.3) is 0 Å². The van der Waals surface area contributed by atoms with Crippen LogP contribution in [0.25, 0.3) is 0 Å². The highest BCUT2D eigenvalue weighted by molar-refractivity contribution is 8.01. The largest absolute Gasteiger partial charge is 0.497 e. The summed E-state index contributed by atoms with van der Waals surface area (Å²) in [5.41, 5.74) is 1.00. The highest BCUT2D eigenvalue weighted by Gasteiger charge is 2.39. The number of carbonyl (C=O) groups excluding carboxylic acids is 1. The van der Waals surface area contributed by atoms with Crippen LogP contribution >= 0.6 is 11.8 Å². The second-order valence-corrected chi connectivity index (χ2v) is 6.68. The van der Waals surface area contributed by atoms with Crippen LogP contribution in [0.1, 0.15) is 24.8 Å². The minimum Gasteiger partial charge on any atom is -0.497 e. The zero-order valence-electron chi connectivity index (χ0n) is 13.7. The number of methoxy groups -OCH3 is 2. The van der Waals surface area contributed by atoms with Crippen LogP contribution in [0.5, 0.6) is 11.5 Å². The van der Waals surface area contributed by atoms with Crippen LogP contribution in [0.3, 0.4) is 0 Å². The molecule has 6 heteroatoms. The van der Waals surface area contributed by atoms with Crippen molar-refractivity contribution in [3.05, 3.63) is 23.8 Å².